The number of hydrogen-bond donors (Lipinski definition) is 0. The Kier molecular flexibility index (Phi) is 12.2. The van der Waals surface area contributed by atoms with Gasteiger partial charge in [0.2, 0.25) is 0 Å². The Morgan fingerprint density at radius 3 is 1.68 bits per heavy atom. The van der Waals surface area contributed by atoms with Crippen molar-refractivity contribution in [1.29, 1.82) is 0 Å². The minimum atomic E-state index is -4.02. The number of unbranched alkanes of at least 4 members (excludes halogenated alkanes) is 9. The first kappa shape index (κ1) is 18.5. The molecule has 0 aliphatic carbocycles. The maximum atomic E-state index is 11.8. The molecule has 0 saturated carbocycles. The van der Waals surface area contributed by atoms with Crippen LogP contribution in [0.1, 0.15) is 77.0 Å². The summed E-state index contributed by atoms with van der Waals surface area (Å²) in [5.74, 6) is 0. The molecule has 0 rings (SSSR count). The van der Waals surface area contributed by atoms with Crippen molar-refractivity contribution in [2.24, 2.45) is 0 Å². The molecule has 1 radical (unpaired) electrons. The molecule has 0 nitrogen and oxygen atoms in total. The van der Waals surface area contributed by atoms with E-state index in [4.69, 9.17) is 0 Å². The third-order valence-electron chi connectivity index (χ3n) is 3.13. The maximum Gasteiger partial charge on any atom is 0.389 e. The molecule has 0 saturated heterocycles. The summed E-state index contributed by atoms with van der Waals surface area (Å²) < 4.78 is 35.5. The van der Waals surface area contributed by atoms with Crippen molar-refractivity contribution in [2.75, 3.05) is 0 Å². The van der Waals surface area contributed by atoms with E-state index in [0.717, 1.165) is 19.3 Å². The van der Waals surface area contributed by atoms with Gasteiger partial charge in [0.1, 0.15) is 0 Å². The first-order valence-electron chi connectivity index (χ1n) is 7.57. The average Bonchev–Trinajstić information content (AvgIpc) is 2.34. The van der Waals surface area contributed by atoms with E-state index >= 15 is 0 Å². The fourth-order valence-corrected chi connectivity index (χ4v) is 1.98. The van der Waals surface area contributed by atoms with Crippen LogP contribution in [-0.2, 0) is 0 Å². The Hall–Kier alpha value is -0.470. The molecule has 0 unspecified atom stereocenters. The first-order valence-corrected chi connectivity index (χ1v) is 7.57. The standard InChI is InChI=1S/C16H28F3/c1-2-3-4-5-6-7-8-9-10-11-12-13-14-15-16(17,18)19/h12-13H,1-11,14-15H2. The quantitative estimate of drug-likeness (QED) is 0.278. The predicted octanol–water partition coefficient (Wildman–Crippen LogP) is 6.62. The molecule has 0 N–H and O–H groups in total. The van der Waals surface area contributed by atoms with Crippen molar-refractivity contribution in [3.05, 3.63) is 19.1 Å². The zero-order valence-electron chi connectivity index (χ0n) is 12.0. The minimum Gasteiger partial charge on any atom is -0.171 e. The lowest BCUT2D eigenvalue weighted by Gasteiger charge is -2.02. The number of hydrogen-bond acceptors (Lipinski definition) is 0. The molecule has 0 aromatic heterocycles. The molecule has 113 valence electrons. The van der Waals surface area contributed by atoms with Gasteiger partial charge in [0.15, 0.2) is 0 Å². The average molecular weight is 277 g/mol. The molecule has 0 heterocycles. The van der Waals surface area contributed by atoms with Gasteiger partial charge in [0.25, 0.3) is 0 Å². The van der Waals surface area contributed by atoms with E-state index in [0.29, 0.717) is 0 Å². The van der Waals surface area contributed by atoms with Crippen molar-refractivity contribution in [3.8, 4) is 0 Å². The summed E-state index contributed by atoms with van der Waals surface area (Å²) >= 11 is 0. The molecule has 0 aromatic rings. The zero-order valence-corrected chi connectivity index (χ0v) is 12.0. The molecule has 0 amide bonds. The summed E-state index contributed by atoms with van der Waals surface area (Å²) in [5, 5.41) is 0. The highest BCUT2D eigenvalue weighted by Crippen LogP contribution is 2.21. The van der Waals surface area contributed by atoms with E-state index in [1.807, 2.05) is 6.08 Å². The van der Waals surface area contributed by atoms with E-state index in [-0.39, 0.29) is 6.42 Å². The second kappa shape index (κ2) is 12.6. The van der Waals surface area contributed by atoms with Crippen LogP contribution in [0.3, 0.4) is 0 Å². The van der Waals surface area contributed by atoms with Crippen molar-refractivity contribution in [2.45, 2.75) is 83.2 Å². The van der Waals surface area contributed by atoms with E-state index in [2.05, 4.69) is 6.92 Å². The summed E-state index contributed by atoms with van der Waals surface area (Å²) in [6.07, 6.45) is 10.9. The van der Waals surface area contributed by atoms with Crippen LogP contribution in [0.25, 0.3) is 0 Å². The molecule has 0 aliphatic rings. The number of allylic oxidation sites excluding steroid dienone is 2. The first-order chi connectivity index (χ1) is 9.06. The molecule has 0 bridgehead atoms. The lowest BCUT2D eigenvalue weighted by atomic mass is 10.1. The lowest BCUT2D eigenvalue weighted by molar-refractivity contribution is -0.133. The van der Waals surface area contributed by atoms with E-state index in [1.165, 1.54) is 44.9 Å². The van der Waals surface area contributed by atoms with Crippen molar-refractivity contribution >= 4 is 0 Å². The minimum absolute atomic E-state index is 0.121. The van der Waals surface area contributed by atoms with E-state index in [1.54, 1.807) is 6.08 Å². The van der Waals surface area contributed by atoms with Gasteiger partial charge < -0.3 is 0 Å². The smallest absolute Gasteiger partial charge is 0.171 e. The molecule has 0 aliphatic heterocycles. The molecule has 0 fully saturated rings. The lowest BCUT2D eigenvalue weighted by Crippen LogP contribution is -2.05. The molecular formula is C16H28F3. The van der Waals surface area contributed by atoms with Gasteiger partial charge in [-0.25, -0.2) is 0 Å². The highest BCUT2D eigenvalue weighted by atomic mass is 19.4. The topological polar surface area (TPSA) is 0 Å². The number of rotatable bonds is 12. The van der Waals surface area contributed by atoms with Crippen LogP contribution in [0.4, 0.5) is 13.2 Å². The second-order valence-corrected chi connectivity index (χ2v) is 5.10. The van der Waals surface area contributed by atoms with Gasteiger partial charge in [-0.2, -0.15) is 13.2 Å². The maximum absolute atomic E-state index is 11.8. The van der Waals surface area contributed by atoms with Gasteiger partial charge in [-0.15, -0.1) is 0 Å². The Morgan fingerprint density at radius 2 is 1.16 bits per heavy atom. The molecule has 0 aromatic carbocycles. The van der Waals surface area contributed by atoms with Gasteiger partial charge in [0.05, 0.1) is 0 Å². The molecule has 19 heavy (non-hydrogen) atoms. The number of alkyl halides is 3. The van der Waals surface area contributed by atoms with Crippen LogP contribution in [0, 0.1) is 6.92 Å². The van der Waals surface area contributed by atoms with Gasteiger partial charge in [-0.3, -0.25) is 0 Å². The summed E-state index contributed by atoms with van der Waals surface area (Å²) in [5.41, 5.74) is 0. The van der Waals surface area contributed by atoms with Crippen LogP contribution < -0.4 is 0 Å². The van der Waals surface area contributed by atoms with Crippen LogP contribution in [-0.4, -0.2) is 6.18 Å². The van der Waals surface area contributed by atoms with E-state index in [9.17, 15) is 13.2 Å². The Morgan fingerprint density at radius 1 is 0.684 bits per heavy atom. The fraction of sp³-hybridized carbons (Fsp3) is 0.812. The highest BCUT2D eigenvalue weighted by molar-refractivity contribution is 4.82. The normalized spacial score (nSPS) is 12.4. The summed E-state index contributed by atoms with van der Waals surface area (Å²) in [6, 6.07) is 0. The SMILES string of the molecule is [CH2]CCCCCCCCCCC=CCCC(F)(F)F. The Bertz CT molecular complexity index is 207. The van der Waals surface area contributed by atoms with Crippen LogP contribution in [0.5, 0.6) is 0 Å². The van der Waals surface area contributed by atoms with E-state index < -0.39 is 12.6 Å². The van der Waals surface area contributed by atoms with Gasteiger partial charge in [-0.05, 0) is 19.3 Å². The van der Waals surface area contributed by atoms with Crippen molar-refractivity contribution in [1.82, 2.24) is 0 Å². The molecular weight excluding hydrogens is 249 g/mol. The molecule has 0 spiro atoms. The summed E-state index contributed by atoms with van der Waals surface area (Å²) in [4.78, 5) is 0. The Labute approximate surface area is 116 Å². The van der Waals surface area contributed by atoms with Crippen LogP contribution >= 0.6 is 0 Å². The van der Waals surface area contributed by atoms with Crippen molar-refractivity contribution in [3.63, 3.8) is 0 Å². The Balaban J connectivity index is 3.12. The third-order valence-corrected chi connectivity index (χ3v) is 3.13. The molecule has 3 heteroatoms. The largest absolute Gasteiger partial charge is 0.389 e. The molecule has 0 atom stereocenters. The van der Waals surface area contributed by atoms with Gasteiger partial charge >= 0.3 is 6.18 Å². The van der Waals surface area contributed by atoms with Gasteiger partial charge in [0, 0.05) is 6.42 Å². The van der Waals surface area contributed by atoms with Crippen LogP contribution in [0.15, 0.2) is 12.2 Å². The monoisotopic (exact) mass is 277 g/mol. The summed E-state index contributed by atoms with van der Waals surface area (Å²) in [6.45, 7) is 3.82. The van der Waals surface area contributed by atoms with Crippen LogP contribution in [0.2, 0.25) is 0 Å². The summed E-state index contributed by atoms with van der Waals surface area (Å²) in [7, 11) is 0. The predicted molar refractivity (Wildman–Crippen MR) is 76.0 cm³/mol. The highest BCUT2D eigenvalue weighted by Gasteiger charge is 2.25. The third kappa shape index (κ3) is 17.5. The van der Waals surface area contributed by atoms with Crippen molar-refractivity contribution < 1.29 is 13.2 Å². The van der Waals surface area contributed by atoms with Gasteiger partial charge in [-0.1, -0.05) is 70.4 Å². The zero-order chi connectivity index (χ0) is 14.4. The fourth-order valence-electron chi connectivity index (χ4n) is 1.98. The second-order valence-electron chi connectivity index (χ2n) is 5.10. The number of halogens is 3.